The Morgan fingerprint density at radius 3 is 3.10 bits per heavy atom. The zero-order valence-electron chi connectivity index (χ0n) is 12.3. The van der Waals surface area contributed by atoms with Crippen molar-refractivity contribution in [2.24, 2.45) is 5.41 Å². The number of hydrogen-bond acceptors (Lipinski definition) is 6. The first-order chi connectivity index (χ1) is 10.1. The Bertz CT molecular complexity index is 497. The molecule has 1 atom stereocenters. The van der Waals surface area contributed by atoms with Crippen LogP contribution in [0.25, 0.3) is 0 Å². The van der Waals surface area contributed by atoms with E-state index < -0.39 is 11.4 Å². The summed E-state index contributed by atoms with van der Waals surface area (Å²) in [5, 5.41) is 9.67. The monoisotopic (exact) mass is 294 g/mol. The molecule has 1 unspecified atom stereocenters. The lowest BCUT2D eigenvalue weighted by Crippen LogP contribution is -2.48. The van der Waals surface area contributed by atoms with E-state index in [2.05, 4.69) is 9.97 Å². The molecule has 1 fully saturated rings. The van der Waals surface area contributed by atoms with Crippen molar-refractivity contribution in [2.75, 3.05) is 37.4 Å². The summed E-state index contributed by atoms with van der Waals surface area (Å²) in [7, 11) is 1.63. The topological polar surface area (TPSA) is 102 Å². The second-order valence-electron chi connectivity index (χ2n) is 5.49. The van der Waals surface area contributed by atoms with E-state index in [-0.39, 0.29) is 0 Å². The maximum Gasteiger partial charge on any atom is 0.311 e. The van der Waals surface area contributed by atoms with Crippen molar-refractivity contribution in [1.82, 2.24) is 9.97 Å². The highest BCUT2D eigenvalue weighted by Crippen LogP contribution is 2.36. The fourth-order valence-electron chi connectivity index (χ4n) is 2.86. The van der Waals surface area contributed by atoms with Gasteiger partial charge in [0.2, 0.25) is 5.95 Å². The van der Waals surface area contributed by atoms with E-state index >= 15 is 0 Å². The van der Waals surface area contributed by atoms with Crippen molar-refractivity contribution in [3.05, 3.63) is 12.3 Å². The molecule has 7 nitrogen and oxygen atoms in total. The Kier molecular flexibility index (Phi) is 4.95. The van der Waals surface area contributed by atoms with E-state index in [4.69, 9.17) is 10.5 Å². The molecule has 2 heterocycles. The van der Waals surface area contributed by atoms with Crippen LogP contribution in [0.5, 0.6) is 0 Å². The van der Waals surface area contributed by atoms with Crippen LogP contribution in [0.2, 0.25) is 0 Å². The molecule has 3 N–H and O–H groups in total. The van der Waals surface area contributed by atoms with Crippen molar-refractivity contribution in [2.45, 2.75) is 25.7 Å². The molecule has 1 saturated heterocycles. The predicted octanol–water partition coefficient (Wildman–Crippen LogP) is 1.16. The number of rotatable bonds is 6. The van der Waals surface area contributed by atoms with Gasteiger partial charge >= 0.3 is 5.97 Å². The molecule has 0 saturated carbocycles. The molecule has 1 aromatic heterocycles. The number of hydrogen-bond donors (Lipinski definition) is 2. The van der Waals surface area contributed by atoms with Crippen molar-refractivity contribution in [3.8, 4) is 0 Å². The number of piperidine rings is 1. The number of aromatic nitrogens is 2. The number of methoxy groups -OCH3 is 1. The molecule has 1 aliphatic heterocycles. The highest BCUT2D eigenvalue weighted by molar-refractivity contribution is 5.76. The Morgan fingerprint density at radius 2 is 2.43 bits per heavy atom. The second kappa shape index (κ2) is 6.71. The number of nitrogens with two attached hydrogens (primary N) is 1. The fraction of sp³-hybridized carbons (Fsp3) is 0.643. The summed E-state index contributed by atoms with van der Waals surface area (Å²) >= 11 is 0. The van der Waals surface area contributed by atoms with Crippen LogP contribution in [0.15, 0.2) is 12.3 Å². The van der Waals surface area contributed by atoms with E-state index in [1.807, 2.05) is 4.90 Å². The Balaban J connectivity index is 2.14. The standard InChI is InChI=1S/C14H22N4O3/c1-21-9-3-6-14(12(19)20)5-2-8-18(10-14)13-16-7-4-11(15)17-13/h4,7H,2-3,5-6,8-10H2,1H3,(H,19,20)(H2,15,16,17). The lowest BCUT2D eigenvalue weighted by Gasteiger charge is -2.40. The molecule has 0 spiro atoms. The minimum atomic E-state index is -0.759. The summed E-state index contributed by atoms with van der Waals surface area (Å²) in [4.78, 5) is 22.1. The molecule has 116 valence electrons. The van der Waals surface area contributed by atoms with Gasteiger partial charge in [-0.05, 0) is 31.7 Å². The number of ether oxygens (including phenoxy) is 1. The number of aliphatic carboxylic acids is 1. The van der Waals surface area contributed by atoms with Crippen molar-refractivity contribution in [3.63, 3.8) is 0 Å². The van der Waals surface area contributed by atoms with E-state index in [0.29, 0.717) is 37.8 Å². The summed E-state index contributed by atoms with van der Waals surface area (Å²) in [6.45, 7) is 1.74. The molecule has 1 aromatic rings. The van der Waals surface area contributed by atoms with Crippen LogP contribution in [-0.2, 0) is 9.53 Å². The molecule has 2 rings (SSSR count). The van der Waals surface area contributed by atoms with Gasteiger partial charge in [-0.25, -0.2) is 4.98 Å². The smallest absolute Gasteiger partial charge is 0.311 e. The van der Waals surface area contributed by atoms with Crippen LogP contribution in [-0.4, -0.2) is 47.8 Å². The molecule has 1 aliphatic rings. The highest BCUT2D eigenvalue weighted by Gasteiger charge is 2.42. The molecular formula is C14H22N4O3. The van der Waals surface area contributed by atoms with Crippen LogP contribution >= 0.6 is 0 Å². The van der Waals surface area contributed by atoms with Gasteiger partial charge in [-0.2, -0.15) is 4.98 Å². The summed E-state index contributed by atoms with van der Waals surface area (Å²) in [6.07, 6.45) is 4.39. The van der Waals surface area contributed by atoms with Crippen LogP contribution < -0.4 is 10.6 Å². The van der Waals surface area contributed by atoms with Gasteiger partial charge in [0.05, 0.1) is 5.41 Å². The van der Waals surface area contributed by atoms with Gasteiger partial charge in [-0.3, -0.25) is 4.79 Å². The molecule has 0 aliphatic carbocycles. The molecular weight excluding hydrogens is 272 g/mol. The Morgan fingerprint density at radius 1 is 1.62 bits per heavy atom. The maximum atomic E-state index is 11.8. The molecule has 0 bridgehead atoms. The van der Waals surface area contributed by atoms with Gasteiger partial charge in [-0.15, -0.1) is 0 Å². The van der Waals surface area contributed by atoms with Crippen LogP contribution in [0.3, 0.4) is 0 Å². The average molecular weight is 294 g/mol. The minimum Gasteiger partial charge on any atom is -0.481 e. The van der Waals surface area contributed by atoms with Crippen molar-refractivity contribution >= 4 is 17.7 Å². The highest BCUT2D eigenvalue weighted by atomic mass is 16.5. The van der Waals surface area contributed by atoms with Crippen molar-refractivity contribution < 1.29 is 14.6 Å². The average Bonchev–Trinajstić information content (AvgIpc) is 2.48. The largest absolute Gasteiger partial charge is 0.481 e. The van der Waals surface area contributed by atoms with Gasteiger partial charge in [-0.1, -0.05) is 0 Å². The molecule has 0 radical (unpaired) electrons. The van der Waals surface area contributed by atoms with Gasteiger partial charge in [0, 0.05) is 33.0 Å². The molecule has 21 heavy (non-hydrogen) atoms. The maximum absolute atomic E-state index is 11.8. The molecule has 7 heteroatoms. The summed E-state index contributed by atoms with van der Waals surface area (Å²) in [6, 6.07) is 1.62. The number of anilines is 2. The first-order valence-electron chi connectivity index (χ1n) is 7.13. The van der Waals surface area contributed by atoms with E-state index in [1.165, 1.54) is 0 Å². The Labute approximate surface area is 124 Å². The van der Waals surface area contributed by atoms with E-state index in [1.54, 1.807) is 19.4 Å². The number of carboxylic acid groups (broad SMARTS) is 1. The zero-order chi connectivity index (χ0) is 15.3. The summed E-state index contributed by atoms with van der Waals surface area (Å²) in [5.41, 5.74) is 4.92. The third-order valence-corrected chi connectivity index (χ3v) is 3.98. The number of carboxylic acids is 1. The molecule has 0 aromatic carbocycles. The SMILES string of the molecule is COCCCC1(C(=O)O)CCCN(c2nccc(N)n2)C1. The fourth-order valence-corrected chi connectivity index (χ4v) is 2.86. The van der Waals surface area contributed by atoms with Gasteiger partial charge in [0.25, 0.3) is 0 Å². The van der Waals surface area contributed by atoms with Crippen LogP contribution in [0.1, 0.15) is 25.7 Å². The quantitative estimate of drug-likeness (QED) is 0.759. The zero-order valence-corrected chi connectivity index (χ0v) is 12.3. The lowest BCUT2D eigenvalue weighted by atomic mass is 9.76. The third-order valence-electron chi connectivity index (χ3n) is 3.98. The lowest BCUT2D eigenvalue weighted by molar-refractivity contribution is -0.150. The Hall–Kier alpha value is -1.89. The first kappa shape index (κ1) is 15.5. The van der Waals surface area contributed by atoms with Crippen LogP contribution in [0.4, 0.5) is 11.8 Å². The number of nitrogens with zero attached hydrogens (tertiary/aromatic N) is 3. The van der Waals surface area contributed by atoms with Crippen molar-refractivity contribution in [1.29, 1.82) is 0 Å². The molecule has 0 amide bonds. The third kappa shape index (κ3) is 3.60. The summed E-state index contributed by atoms with van der Waals surface area (Å²) < 4.78 is 5.04. The van der Waals surface area contributed by atoms with Gasteiger partial charge in [0.15, 0.2) is 0 Å². The normalized spacial score (nSPS) is 22.2. The van der Waals surface area contributed by atoms with Crippen LogP contribution in [0, 0.1) is 5.41 Å². The van der Waals surface area contributed by atoms with E-state index in [9.17, 15) is 9.90 Å². The minimum absolute atomic E-state index is 0.394. The van der Waals surface area contributed by atoms with Gasteiger partial charge < -0.3 is 20.5 Å². The number of carbonyl (C=O) groups is 1. The predicted molar refractivity (Wildman–Crippen MR) is 79.1 cm³/mol. The first-order valence-corrected chi connectivity index (χ1v) is 7.13. The number of nitrogen functional groups attached to an aromatic ring is 1. The summed E-state index contributed by atoms with van der Waals surface area (Å²) in [5.74, 6) is 0.144. The second-order valence-corrected chi connectivity index (χ2v) is 5.49. The van der Waals surface area contributed by atoms with E-state index in [0.717, 1.165) is 19.4 Å². The van der Waals surface area contributed by atoms with Gasteiger partial charge in [0.1, 0.15) is 5.82 Å².